The van der Waals surface area contributed by atoms with Crippen LogP contribution in [-0.4, -0.2) is 23.1 Å². The Hall–Kier alpha value is -1.64. The third kappa shape index (κ3) is 3.63. The third-order valence-electron chi connectivity index (χ3n) is 5.07. The second-order valence-corrected chi connectivity index (χ2v) is 9.26. The van der Waals surface area contributed by atoms with Crippen LogP contribution in [0.4, 0.5) is 13.2 Å². The van der Waals surface area contributed by atoms with E-state index in [-0.39, 0.29) is 19.6 Å². The maximum absolute atomic E-state index is 15.1. The van der Waals surface area contributed by atoms with Gasteiger partial charge in [-0.25, -0.2) is 9.18 Å². The Kier molecular flexibility index (Phi) is 5.85. The summed E-state index contributed by atoms with van der Waals surface area (Å²) in [5.74, 6) is -7.08. The van der Waals surface area contributed by atoms with E-state index in [0.717, 1.165) is 4.90 Å². The third-order valence-corrected chi connectivity index (χ3v) is 7.07. The number of ether oxygens (including phenoxy) is 1. The monoisotopic (exact) mass is 517 g/mol. The summed E-state index contributed by atoms with van der Waals surface area (Å²) in [7, 11) is 0. The Labute approximate surface area is 188 Å². The van der Waals surface area contributed by atoms with Crippen LogP contribution in [0, 0.1) is 5.82 Å². The van der Waals surface area contributed by atoms with Crippen LogP contribution in [0.25, 0.3) is 10.9 Å². The minimum atomic E-state index is -3.70. The zero-order chi connectivity index (χ0) is 21.6. The summed E-state index contributed by atoms with van der Waals surface area (Å²) in [5.41, 5.74) is 0.824. The Morgan fingerprint density at radius 1 is 1.33 bits per heavy atom. The lowest BCUT2D eigenvalue weighted by Gasteiger charge is -2.22. The summed E-state index contributed by atoms with van der Waals surface area (Å²) in [5, 5.41) is 1.19. The predicted molar refractivity (Wildman–Crippen MR) is 114 cm³/mol. The first-order chi connectivity index (χ1) is 14.2. The molecule has 2 aromatic carbocycles. The van der Waals surface area contributed by atoms with Crippen LogP contribution in [0.1, 0.15) is 25.0 Å². The van der Waals surface area contributed by atoms with Crippen molar-refractivity contribution in [3.05, 3.63) is 57.4 Å². The molecule has 158 valence electrons. The van der Waals surface area contributed by atoms with Gasteiger partial charge < -0.3 is 9.30 Å². The summed E-state index contributed by atoms with van der Waals surface area (Å²) in [6, 6.07) is 9.63. The quantitative estimate of drug-likeness (QED) is 0.340. The van der Waals surface area contributed by atoms with Crippen LogP contribution in [0.5, 0.6) is 0 Å². The fourth-order valence-corrected chi connectivity index (χ4v) is 5.87. The summed E-state index contributed by atoms with van der Waals surface area (Å²) >= 11 is 10.6. The molecular weight excluding hydrogens is 503 g/mol. The van der Waals surface area contributed by atoms with E-state index in [4.69, 9.17) is 11.6 Å². The summed E-state index contributed by atoms with van der Waals surface area (Å²) in [6.07, 6.45) is 0.0550. The fraction of sp³-hybridized carbons (Fsp3) is 0.286. The van der Waals surface area contributed by atoms with Gasteiger partial charge in [0, 0.05) is 36.9 Å². The number of alkyl halides is 2. The van der Waals surface area contributed by atoms with Gasteiger partial charge in [-0.1, -0.05) is 23.4 Å². The molecule has 1 aliphatic heterocycles. The Morgan fingerprint density at radius 2 is 2.03 bits per heavy atom. The smallest absolute Gasteiger partial charge is 0.377 e. The van der Waals surface area contributed by atoms with Gasteiger partial charge in [0.2, 0.25) is 0 Å². The summed E-state index contributed by atoms with van der Waals surface area (Å²) in [6.45, 7) is 1.61. The van der Waals surface area contributed by atoms with Crippen molar-refractivity contribution in [2.24, 2.45) is 0 Å². The maximum Gasteiger partial charge on any atom is 0.377 e. The SMILES string of the molecule is CCOC(=O)C(F)(F)C1CCn2c1c(Sc1ccc(Cl)cc1)c1c(Br)cc(F)cc12. The normalized spacial score (nSPS) is 16.1. The average molecular weight is 519 g/mol. The molecule has 0 saturated heterocycles. The predicted octanol–water partition coefficient (Wildman–Crippen LogP) is 7.03. The van der Waals surface area contributed by atoms with E-state index in [1.807, 2.05) is 0 Å². The van der Waals surface area contributed by atoms with E-state index in [9.17, 15) is 9.18 Å². The number of rotatable bonds is 5. The van der Waals surface area contributed by atoms with E-state index in [1.165, 1.54) is 30.8 Å². The number of carbonyl (C=O) groups is 1. The molecule has 0 aliphatic carbocycles. The molecule has 4 rings (SSSR count). The maximum atomic E-state index is 15.1. The summed E-state index contributed by atoms with van der Waals surface area (Å²) < 4.78 is 51.0. The number of esters is 1. The van der Waals surface area contributed by atoms with E-state index in [0.29, 0.717) is 31.0 Å². The van der Waals surface area contributed by atoms with Crippen LogP contribution < -0.4 is 0 Å². The number of hydrogen-bond acceptors (Lipinski definition) is 3. The standard InChI is InChI=1S/C21H16BrClF3NO2S/c1-2-29-20(28)21(25,26)14-7-8-27-16-10-12(24)9-15(22)17(16)19(18(14)27)30-13-5-3-11(23)4-6-13/h3-6,9-10,14H,2,7-8H2,1H3. The number of aromatic nitrogens is 1. The van der Waals surface area contributed by atoms with Gasteiger partial charge in [-0.05, 0) is 65.7 Å². The Morgan fingerprint density at radius 3 is 2.70 bits per heavy atom. The van der Waals surface area contributed by atoms with Crippen LogP contribution >= 0.6 is 39.3 Å². The lowest BCUT2D eigenvalue weighted by Crippen LogP contribution is -2.36. The van der Waals surface area contributed by atoms with Gasteiger partial charge in [0.15, 0.2) is 0 Å². The molecule has 0 spiro atoms. The molecule has 0 saturated carbocycles. The highest BCUT2D eigenvalue weighted by molar-refractivity contribution is 9.10. The molecule has 1 aliphatic rings. The van der Waals surface area contributed by atoms with Crippen molar-refractivity contribution >= 4 is 56.2 Å². The molecule has 0 amide bonds. The van der Waals surface area contributed by atoms with Gasteiger partial charge in [0.25, 0.3) is 0 Å². The molecule has 30 heavy (non-hydrogen) atoms. The zero-order valence-electron chi connectivity index (χ0n) is 15.7. The van der Waals surface area contributed by atoms with E-state index >= 15 is 8.78 Å². The number of benzene rings is 2. The number of carbonyl (C=O) groups excluding carboxylic acids is 1. The highest BCUT2D eigenvalue weighted by Gasteiger charge is 2.53. The molecule has 3 aromatic rings. The van der Waals surface area contributed by atoms with E-state index in [1.54, 1.807) is 28.8 Å². The van der Waals surface area contributed by atoms with Crippen molar-refractivity contribution in [2.45, 2.75) is 41.5 Å². The van der Waals surface area contributed by atoms with Crippen LogP contribution in [0.2, 0.25) is 5.02 Å². The van der Waals surface area contributed by atoms with Crippen molar-refractivity contribution in [3.63, 3.8) is 0 Å². The largest absolute Gasteiger partial charge is 0.462 e. The average Bonchev–Trinajstić information content (AvgIpc) is 3.24. The molecule has 1 aromatic heterocycles. The highest BCUT2D eigenvalue weighted by atomic mass is 79.9. The molecule has 0 bridgehead atoms. The molecule has 3 nitrogen and oxygen atoms in total. The first-order valence-electron chi connectivity index (χ1n) is 9.23. The van der Waals surface area contributed by atoms with Gasteiger partial charge in [-0.3, -0.25) is 0 Å². The minimum absolute atomic E-state index is 0.0550. The zero-order valence-corrected chi connectivity index (χ0v) is 18.9. The molecule has 1 atom stereocenters. The lowest BCUT2D eigenvalue weighted by molar-refractivity contribution is -0.175. The Bertz CT molecular complexity index is 1130. The number of fused-ring (bicyclic) bond motifs is 3. The highest BCUT2D eigenvalue weighted by Crippen LogP contribution is 2.52. The van der Waals surface area contributed by atoms with Crippen molar-refractivity contribution in [3.8, 4) is 0 Å². The molecule has 9 heteroatoms. The van der Waals surface area contributed by atoms with E-state index in [2.05, 4.69) is 20.7 Å². The lowest BCUT2D eigenvalue weighted by atomic mass is 9.96. The van der Waals surface area contributed by atoms with Crippen molar-refractivity contribution < 1.29 is 22.7 Å². The number of nitrogens with zero attached hydrogens (tertiary/aromatic N) is 1. The van der Waals surface area contributed by atoms with E-state index < -0.39 is 23.6 Å². The molecule has 0 fully saturated rings. The topological polar surface area (TPSA) is 31.2 Å². The second-order valence-electron chi connectivity index (χ2n) is 6.89. The number of aryl methyl sites for hydroxylation is 1. The van der Waals surface area contributed by atoms with Gasteiger partial charge in [0.05, 0.1) is 18.0 Å². The van der Waals surface area contributed by atoms with Crippen molar-refractivity contribution in [1.82, 2.24) is 4.57 Å². The number of halogens is 5. The van der Waals surface area contributed by atoms with Crippen LogP contribution in [0.15, 0.2) is 50.7 Å². The van der Waals surface area contributed by atoms with Gasteiger partial charge in [-0.15, -0.1) is 0 Å². The summed E-state index contributed by atoms with van der Waals surface area (Å²) in [4.78, 5) is 13.4. The molecule has 0 radical (unpaired) electrons. The first-order valence-corrected chi connectivity index (χ1v) is 11.2. The van der Waals surface area contributed by atoms with Gasteiger partial charge >= 0.3 is 11.9 Å². The minimum Gasteiger partial charge on any atom is -0.462 e. The fourth-order valence-electron chi connectivity index (χ4n) is 3.81. The van der Waals surface area contributed by atoms with Gasteiger partial charge in [-0.2, -0.15) is 8.78 Å². The molecule has 2 heterocycles. The molecular formula is C21H16BrClF3NO2S. The molecule has 0 N–H and O–H groups in total. The van der Waals surface area contributed by atoms with Crippen LogP contribution in [0.3, 0.4) is 0 Å². The van der Waals surface area contributed by atoms with Crippen molar-refractivity contribution in [2.75, 3.05) is 6.61 Å². The number of hydrogen-bond donors (Lipinski definition) is 0. The van der Waals surface area contributed by atoms with Gasteiger partial charge in [0.1, 0.15) is 5.82 Å². The van der Waals surface area contributed by atoms with Crippen LogP contribution in [-0.2, 0) is 16.1 Å². The van der Waals surface area contributed by atoms with Crippen molar-refractivity contribution in [1.29, 1.82) is 0 Å². The first kappa shape index (κ1) is 21.6. The molecule has 1 unspecified atom stereocenters. The second kappa shape index (κ2) is 8.13. The Balaban J connectivity index is 1.91.